The number of fused-ring (bicyclic) bond motifs is 1. The minimum atomic E-state index is -1.11. The number of ether oxygens (including phenoxy) is 3. The summed E-state index contributed by atoms with van der Waals surface area (Å²) in [6, 6.07) is 12.8. The molecule has 186 valence electrons. The molecule has 2 amide bonds. The molecule has 2 aromatic carbocycles. The molecule has 3 rings (SSSR count). The van der Waals surface area contributed by atoms with Gasteiger partial charge in [-0.2, -0.15) is 0 Å². The number of aromatic nitrogens is 3. The van der Waals surface area contributed by atoms with E-state index in [9.17, 15) is 14.4 Å². The number of nitrogens with one attached hydrogen (secondary N) is 1. The summed E-state index contributed by atoms with van der Waals surface area (Å²) in [6.45, 7) is 1.69. The zero-order valence-electron chi connectivity index (χ0n) is 20.0. The third kappa shape index (κ3) is 6.54. The fourth-order valence-corrected chi connectivity index (χ4v) is 3.55. The fraction of sp³-hybridized carbons (Fsp3) is 0.375. The molecule has 1 heterocycles. The van der Waals surface area contributed by atoms with Crippen LogP contribution in [0.2, 0.25) is 0 Å². The minimum absolute atomic E-state index is 0.141. The zero-order chi connectivity index (χ0) is 25.2. The van der Waals surface area contributed by atoms with Crippen LogP contribution in [0.1, 0.15) is 18.5 Å². The van der Waals surface area contributed by atoms with Crippen molar-refractivity contribution >= 4 is 28.8 Å². The predicted octanol–water partition coefficient (Wildman–Crippen LogP) is 1.34. The average Bonchev–Trinajstić information content (AvgIpc) is 3.27. The topological polar surface area (TPSA) is 125 Å². The average molecular weight is 484 g/mol. The SMILES string of the molecule is CCOC(=O)CN(C(=O)Cn1nnc2ccccc21)C(C(=O)NCCOC)c1ccc(OC)cc1. The maximum atomic E-state index is 13.6. The standard InChI is InChI=1S/C24H29N5O6/c1-4-35-22(31)16-28(21(30)15-29-20-8-6-5-7-19(20)26-27-29)23(24(32)25-13-14-33-2)17-9-11-18(34-3)12-10-17/h5-12,23H,4,13-16H2,1-3H3,(H,25,32). The van der Waals surface area contributed by atoms with Crippen molar-refractivity contribution in [2.75, 3.05) is 40.5 Å². The van der Waals surface area contributed by atoms with Gasteiger partial charge in [-0.05, 0) is 36.8 Å². The van der Waals surface area contributed by atoms with Crippen LogP contribution in [0.4, 0.5) is 0 Å². The number of rotatable bonds is 12. The first-order chi connectivity index (χ1) is 17.0. The van der Waals surface area contributed by atoms with E-state index in [1.54, 1.807) is 43.3 Å². The number of amides is 2. The van der Waals surface area contributed by atoms with Gasteiger partial charge in [-0.25, -0.2) is 4.68 Å². The van der Waals surface area contributed by atoms with Crippen LogP contribution in [-0.2, 0) is 30.4 Å². The van der Waals surface area contributed by atoms with Gasteiger partial charge >= 0.3 is 5.97 Å². The Hall–Kier alpha value is -3.99. The Kier molecular flexibility index (Phi) is 9.13. The Morgan fingerprint density at radius 1 is 1.09 bits per heavy atom. The van der Waals surface area contributed by atoms with Crippen molar-refractivity contribution in [3.05, 3.63) is 54.1 Å². The number of esters is 1. The van der Waals surface area contributed by atoms with E-state index in [1.807, 2.05) is 12.1 Å². The van der Waals surface area contributed by atoms with Gasteiger partial charge < -0.3 is 24.4 Å². The van der Waals surface area contributed by atoms with Crippen molar-refractivity contribution in [3.63, 3.8) is 0 Å². The van der Waals surface area contributed by atoms with E-state index in [2.05, 4.69) is 15.6 Å². The lowest BCUT2D eigenvalue weighted by Crippen LogP contribution is -2.47. The monoisotopic (exact) mass is 483 g/mol. The molecule has 11 nitrogen and oxygen atoms in total. The van der Waals surface area contributed by atoms with Crippen molar-refractivity contribution in [3.8, 4) is 5.75 Å². The van der Waals surface area contributed by atoms with E-state index < -0.39 is 30.4 Å². The number of hydrogen-bond donors (Lipinski definition) is 1. The molecule has 0 aliphatic heterocycles. The van der Waals surface area contributed by atoms with Crippen molar-refractivity contribution in [1.29, 1.82) is 0 Å². The summed E-state index contributed by atoms with van der Waals surface area (Å²) in [5.41, 5.74) is 1.78. The van der Waals surface area contributed by atoms with Crippen LogP contribution in [0.25, 0.3) is 11.0 Å². The van der Waals surface area contributed by atoms with Gasteiger partial charge in [-0.3, -0.25) is 14.4 Å². The summed E-state index contributed by atoms with van der Waals surface area (Å²) in [6.07, 6.45) is 0. The maximum Gasteiger partial charge on any atom is 0.325 e. The number of benzene rings is 2. The second kappa shape index (κ2) is 12.5. The normalized spacial score (nSPS) is 11.6. The van der Waals surface area contributed by atoms with E-state index >= 15 is 0 Å². The number of para-hydroxylation sites is 1. The molecular weight excluding hydrogens is 454 g/mol. The number of nitrogens with zero attached hydrogens (tertiary/aromatic N) is 4. The lowest BCUT2D eigenvalue weighted by Gasteiger charge is -2.30. The third-order valence-electron chi connectivity index (χ3n) is 5.23. The molecule has 0 radical (unpaired) electrons. The van der Waals surface area contributed by atoms with Gasteiger partial charge in [0, 0.05) is 13.7 Å². The highest BCUT2D eigenvalue weighted by Gasteiger charge is 2.33. The Balaban J connectivity index is 1.97. The Morgan fingerprint density at radius 3 is 2.51 bits per heavy atom. The van der Waals surface area contributed by atoms with Crippen molar-refractivity contribution in [1.82, 2.24) is 25.2 Å². The van der Waals surface area contributed by atoms with E-state index in [4.69, 9.17) is 14.2 Å². The first kappa shape index (κ1) is 25.6. The van der Waals surface area contributed by atoms with Crippen LogP contribution in [0.15, 0.2) is 48.5 Å². The van der Waals surface area contributed by atoms with Gasteiger partial charge in [0.1, 0.15) is 30.4 Å². The number of carbonyl (C=O) groups excluding carboxylic acids is 3. The van der Waals surface area contributed by atoms with Gasteiger partial charge in [0.15, 0.2) is 0 Å². The Labute approximate surface area is 202 Å². The summed E-state index contributed by atoms with van der Waals surface area (Å²) < 4.78 is 16.8. The van der Waals surface area contributed by atoms with Crippen molar-refractivity contribution < 1.29 is 28.6 Å². The molecule has 0 saturated carbocycles. The maximum absolute atomic E-state index is 13.6. The van der Waals surface area contributed by atoms with Crippen molar-refractivity contribution in [2.24, 2.45) is 0 Å². The molecule has 1 aromatic heterocycles. The van der Waals surface area contributed by atoms with Crippen LogP contribution in [0.3, 0.4) is 0 Å². The number of carbonyl (C=O) groups is 3. The first-order valence-electron chi connectivity index (χ1n) is 11.1. The molecule has 1 unspecified atom stereocenters. The molecule has 0 bridgehead atoms. The summed E-state index contributed by atoms with van der Waals surface area (Å²) in [5.74, 6) is -1.01. The van der Waals surface area contributed by atoms with Gasteiger partial charge in [0.2, 0.25) is 11.8 Å². The first-order valence-corrected chi connectivity index (χ1v) is 11.1. The van der Waals surface area contributed by atoms with E-state index in [-0.39, 0.29) is 26.3 Å². The molecule has 1 atom stereocenters. The van der Waals surface area contributed by atoms with Gasteiger partial charge in [-0.1, -0.05) is 29.5 Å². The Morgan fingerprint density at radius 2 is 1.83 bits per heavy atom. The molecule has 0 aliphatic rings. The molecule has 0 fully saturated rings. The predicted molar refractivity (Wildman–Crippen MR) is 126 cm³/mol. The summed E-state index contributed by atoms with van der Waals surface area (Å²) in [7, 11) is 3.05. The second-order valence-electron chi connectivity index (χ2n) is 7.52. The fourth-order valence-electron chi connectivity index (χ4n) is 3.55. The highest BCUT2D eigenvalue weighted by atomic mass is 16.5. The van der Waals surface area contributed by atoms with Crippen LogP contribution in [-0.4, -0.2) is 78.2 Å². The highest BCUT2D eigenvalue weighted by Crippen LogP contribution is 2.25. The molecule has 0 aliphatic carbocycles. The lowest BCUT2D eigenvalue weighted by atomic mass is 10.0. The zero-order valence-corrected chi connectivity index (χ0v) is 20.0. The van der Waals surface area contributed by atoms with Crippen molar-refractivity contribution in [2.45, 2.75) is 19.5 Å². The molecule has 3 aromatic rings. The van der Waals surface area contributed by atoms with Crippen LogP contribution >= 0.6 is 0 Å². The summed E-state index contributed by atoms with van der Waals surface area (Å²) >= 11 is 0. The number of hydrogen-bond acceptors (Lipinski definition) is 8. The third-order valence-corrected chi connectivity index (χ3v) is 5.23. The van der Waals surface area contributed by atoms with E-state index in [1.165, 1.54) is 23.8 Å². The van der Waals surface area contributed by atoms with Crippen LogP contribution < -0.4 is 10.1 Å². The largest absolute Gasteiger partial charge is 0.497 e. The second-order valence-corrected chi connectivity index (χ2v) is 7.52. The smallest absolute Gasteiger partial charge is 0.325 e. The van der Waals surface area contributed by atoms with Crippen LogP contribution in [0.5, 0.6) is 5.75 Å². The molecule has 11 heteroatoms. The van der Waals surface area contributed by atoms with E-state index in [0.29, 0.717) is 22.3 Å². The molecular formula is C24H29N5O6. The van der Waals surface area contributed by atoms with E-state index in [0.717, 1.165) is 0 Å². The lowest BCUT2D eigenvalue weighted by molar-refractivity contribution is -0.152. The highest BCUT2D eigenvalue weighted by molar-refractivity contribution is 5.91. The summed E-state index contributed by atoms with van der Waals surface area (Å²) in [5, 5.41) is 10.9. The molecule has 0 saturated heterocycles. The Bertz CT molecular complexity index is 1150. The van der Waals surface area contributed by atoms with Gasteiger partial charge in [0.25, 0.3) is 0 Å². The quantitative estimate of drug-likeness (QED) is 0.302. The van der Waals surface area contributed by atoms with Gasteiger partial charge in [0.05, 0.1) is 25.8 Å². The number of methoxy groups -OCH3 is 2. The molecule has 1 N–H and O–H groups in total. The minimum Gasteiger partial charge on any atom is -0.497 e. The summed E-state index contributed by atoms with van der Waals surface area (Å²) in [4.78, 5) is 40.5. The van der Waals surface area contributed by atoms with Crippen LogP contribution in [0, 0.1) is 0 Å². The molecule has 35 heavy (non-hydrogen) atoms. The van der Waals surface area contributed by atoms with Gasteiger partial charge in [-0.15, -0.1) is 5.10 Å². The molecule has 0 spiro atoms.